The highest BCUT2D eigenvalue weighted by Gasteiger charge is 2.29. The van der Waals surface area contributed by atoms with Crippen LogP contribution in [0.4, 0.5) is 14.9 Å². The number of hydrogen-bond acceptors (Lipinski definition) is 5. The largest absolute Gasteiger partial charge is 0.444 e. The van der Waals surface area contributed by atoms with Gasteiger partial charge in [-0.15, -0.1) is 0 Å². The van der Waals surface area contributed by atoms with E-state index >= 15 is 0 Å². The Morgan fingerprint density at radius 1 is 1.27 bits per heavy atom. The Balaban J connectivity index is 1.51. The van der Waals surface area contributed by atoms with Crippen LogP contribution in [0, 0.1) is 15.9 Å². The summed E-state index contributed by atoms with van der Waals surface area (Å²) in [4.78, 5) is 24.6. The van der Waals surface area contributed by atoms with Crippen LogP contribution in [-0.2, 0) is 4.74 Å². The molecule has 3 rings (SSSR count). The van der Waals surface area contributed by atoms with Crippen LogP contribution in [0.25, 0.3) is 5.57 Å². The number of halogens is 1. The molecule has 1 amide bonds. The molecule has 164 valence electrons. The fourth-order valence-corrected chi connectivity index (χ4v) is 4.20. The Morgan fingerprint density at radius 2 is 1.97 bits per heavy atom. The van der Waals surface area contributed by atoms with Gasteiger partial charge in [-0.1, -0.05) is 6.08 Å². The van der Waals surface area contributed by atoms with Gasteiger partial charge in [-0.3, -0.25) is 15.0 Å². The van der Waals surface area contributed by atoms with Crippen LogP contribution in [0.2, 0.25) is 0 Å². The fourth-order valence-electron chi connectivity index (χ4n) is 4.20. The van der Waals surface area contributed by atoms with Gasteiger partial charge in [-0.05, 0) is 64.5 Å². The molecule has 0 saturated heterocycles. The summed E-state index contributed by atoms with van der Waals surface area (Å²) in [5, 5.41) is 13.8. The minimum absolute atomic E-state index is 0.140. The Morgan fingerprint density at radius 3 is 2.50 bits per heavy atom. The van der Waals surface area contributed by atoms with Crippen LogP contribution >= 0.6 is 0 Å². The lowest BCUT2D eigenvalue weighted by molar-refractivity contribution is -0.385. The minimum atomic E-state index is -0.585. The molecule has 1 fully saturated rings. The van der Waals surface area contributed by atoms with Crippen LogP contribution in [0.5, 0.6) is 0 Å². The Bertz CT molecular complexity index is 826. The predicted octanol–water partition coefficient (Wildman–Crippen LogP) is 4.66. The van der Waals surface area contributed by atoms with Crippen molar-refractivity contribution in [2.75, 3.05) is 13.1 Å². The first-order chi connectivity index (χ1) is 14.1. The van der Waals surface area contributed by atoms with E-state index in [4.69, 9.17) is 4.74 Å². The zero-order chi connectivity index (χ0) is 21.9. The van der Waals surface area contributed by atoms with Gasteiger partial charge in [0, 0.05) is 36.8 Å². The number of nitro groups is 1. The van der Waals surface area contributed by atoms with Gasteiger partial charge in [-0.25, -0.2) is 9.18 Å². The average molecular weight is 419 g/mol. The lowest BCUT2D eigenvalue weighted by atomic mass is 9.89. The maximum Gasteiger partial charge on any atom is 0.407 e. The van der Waals surface area contributed by atoms with E-state index in [1.165, 1.54) is 12.1 Å². The summed E-state index contributed by atoms with van der Waals surface area (Å²) in [5.41, 5.74) is 0.623. The third-order valence-corrected chi connectivity index (χ3v) is 5.68. The van der Waals surface area contributed by atoms with Crippen molar-refractivity contribution in [2.45, 2.75) is 70.6 Å². The molecule has 0 spiro atoms. The Labute approximate surface area is 176 Å². The molecule has 1 N–H and O–H groups in total. The van der Waals surface area contributed by atoms with Gasteiger partial charge in [0.2, 0.25) is 0 Å². The summed E-state index contributed by atoms with van der Waals surface area (Å²) >= 11 is 0. The number of nitrogens with zero attached hydrogens (tertiary/aromatic N) is 2. The van der Waals surface area contributed by atoms with Crippen molar-refractivity contribution in [3.8, 4) is 0 Å². The zero-order valence-electron chi connectivity index (χ0n) is 17.8. The summed E-state index contributed by atoms with van der Waals surface area (Å²) in [6.07, 6.45) is 6.19. The summed E-state index contributed by atoms with van der Waals surface area (Å²) in [5.74, 6) is -0.544. The van der Waals surface area contributed by atoms with Gasteiger partial charge in [0.1, 0.15) is 11.4 Å². The average Bonchev–Trinajstić information content (AvgIpc) is 2.67. The third kappa shape index (κ3) is 5.78. The number of ether oxygens (including phenoxy) is 1. The molecule has 0 radical (unpaired) electrons. The lowest BCUT2D eigenvalue weighted by Gasteiger charge is -2.38. The second-order valence-corrected chi connectivity index (χ2v) is 9.05. The second kappa shape index (κ2) is 9.12. The smallest absolute Gasteiger partial charge is 0.407 e. The first-order valence-electron chi connectivity index (χ1n) is 10.5. The molecule has 1 aromatic carbocycles. The standard InChI is InChI=1S/C22H30FN3O4/c1-22(2,3)30-21(27)24-16-4-6-17(7-5-16)25-12-10-15(11-13-25)19-9-8-18(26(28)29)14-20(19)23/h8-10,14,16-17H,4-7,11-13H2,1-3H3,(H,24,27). The van der Waals surface area contributed by atoms with E-state index in [1.807, 2.05) is 26.8 Å². The van der Waals surface area contributed by atoms with Crippen molar-refractivity contribution in [3.05, 3.63) is 45.8 Å². The molecule has 1 heterocycles. The minimum Gasteiger partial charge on any atom is -0.444 e. The van der Waals surface area contributed by atoms with Crippen LogP contribution in [0.1, 0.15) is 58.4 Å². The monoisotopic (exact) mass is 419 g/mol. The van der Waals surface area contributed by atoms with Crippen LogP contribution < -0.4 is 5.32 Å². The first kappa shape index (κ1) is 22.2. The molecule has 0 atom stereocenters. The summed E-state index contributed by atoms with van der Waals surface area (Å²) in [6.45, 7) is 7.12. The molecule has 1 saturated carbocycles. The molecule has 8 heteroatoms. The third-order valence-electron chi connectivity index (χ3n) is 5.68. The molecule has 0 bridgehead atoms. The summed E-state index contributed by atoms with van der Waals surface area (Å²) in [7, 11) is 0. The number of carbonyl (C=O) groups is 1. The highest BCUT2D eigenvalue weighted by molar-refractivity contribution is 5.68. The maximum absolute atomic E-state index is 14.3. The molecule has 1 aromatic rings. The zero-order valence-corrected chi connectivity index (χ0v) is 17.8. The van der Waals surface area contributed by atoms with E-state index in [1.54, 1.807) is 0 Å². The molecule has 1 aliphatic heterocycles. The van der Waals surface area contributed by atoms with Crippen molar-refractivity contribution in [2.24, 2.45) is 0 Å². The molecular weight excluding hydrogens is 389 g/mol. The van der Waals surface area contributed by atoms with Gasteiger partial charge in [-0.2, -0.15) is 0 Å². The van der Waals surface area contributed by atoms with Crippen molar-refractivity contribution >= 4 is 17.4 Å². The van der Waals surface area contributed by atoms with E-state index in [-0.39, 0.29) is 17.8 Å². The van der Waals surface area contributed by atoms with Crippen LogP contribution in [0.3, 0.4) is 0 Å². The van der Waals surface area contributed by atoms with E-state index < -0.39 is 16.3 Å². The van der Waals surface area contributed by atoms with Crippen molar-refractivity contribution in [1.29, 1.82) is 0 Å². The predicted molar refractivity (Wildman–Crippen MR) is 113 cm³/mol. The lowest BCUT2D eigenvalue weighted by Crippen LogP contribution is -2.46. The molecule has 2 aliphatic rings. The number of nitro benzene ring substituents is 1. The number of hydrogen-bond donors (Lipinski definition) is 1. The second-order valence-electron chi connectivity index (χ2n) is 9.05. The van der Waals surface area contributed by atoms with Crippen LogP contribution in [-0.4, -0.2) is 46.7 Å². The van der Waals surface area contributed by atoms with E-state index in [0.29, 0.717) is 18.0 Å². The number of alkyl carbamates (subject to hydrolysis) is 1. The fraction of sp³-hybridized carbons (Fsp3) is 0.591. The van der Waals surface area contributed by atoms with Crippen molar-refractivity contribution in [1.82, 2.24) is 10.2 Å². The maximum atomic E-state index is 14.3. The SMILES string of the molecule is CC(C)(C)OC(=O)NC1CCC(N2CC=C(c3ccc([N+](=O)[O-])cc3F)CC2)CC1. The normalized spacial score (nSPS) is 22.9. The molecule has 0 unspecified atom stereocenters. The molecule has 1 aliphatic carbocycles. The number of rotatable bonds is 4. The first-order valence-corrected chi connectivity index (χ1v) is 10.5. The van der Waals surface area contributed by atoms with Gasteiger partial charge >= 0.3 is 6.09 Å². The summed E-state index contributed by atoms with van der Waals surface area (Å²) in [6, 6.07) is 4.43. The number of benzene rings is 1. The Hall–Kier alpha value is -2.48. The van der Waals surface area contributed by atoms with Crippen molar-refractivity contribution < 1.29 is 18.8 Å². The number of carbonyl (C=O) groups excluding carboxylic acids is 1. The quantitative estimate of drug-likeness (QED) is 0.567. The van der Waals surface area contributed by atoms with E-state index in [9.17, 15) is 19.3 Å². The van der Waals surface area contributed by atoms with E-state index in [2.05, 4.69) is 10.2 Å². The molecular formula is C22H30FN3O4. The molecule has 7 nitrogen and oxygen atoms in total. The number of nitrogens with one attached hydrogen (secondary N) is 1. The molecule has 0 aromatic heterocycles. The van der Waals surface area contributed by atoms with Crippen LogP contribution in [0.15, 0.2) is 24.3 Å². The van der Waals surface area contributed by atoms with Gasteiger partial charge in [0.15, 0.2) is 0 Å². The van der Waals surface area contributed by atoms with Gasteiger partial charge in [0.25, 0.3) is 5.69 Å². The molecule has 30 heavy (non-hydrogen) atoms. The highest BCUT2D eigenvalue weighted by Crippen LogP contribution is 2.30. The topological polar surface area (TPSA) is 84.7 Å². The van der Waals surface area contributed by atoms with Crippen molar-refractivity contribution in [3.63, 3.8) is 0 Å². The number of amides is 1. The summed E-state index contributed by atoms with van der Waals surface area (Å²) < 4.78 is 19.6. The van der Waals surface area contributed by atoms with Gasteiger partial charge in [0.05, 0.1) is 11.0 Å². The van der Waals surface area contributed by atoms with E-state index in [0.717, 1.165) is 50.4 Å². The Kier molecular flexibility index (Phi) is 6.75. The highest BCUT2D eigenvalue weighted by atomic mass is 19.1. The van der Waals surface area contributed by atoms with Gasteiger partial charge < -0.3 is 10.1 Å². The number of non-ortho nitro benzene ring substituents is 1.